The Morgan fingerprint density at radius 1 is 1.06 bits per heavy atom. The summed E-state index contributed by atoms with van der Waals surface area (Å²) in [5, 5.41) is 22.7. The molecule has 0 bridgehead atoms. The molecule has 3 unspecified atom stereocenters. The SMILES string of the molecule is CN(C)[C@@H]1C(=O)C(C(N)=O)C(=O)[C@]2(O)C(=O)C3C(=O)c4c(F)ccc(F)c4C(C)(O)[C@H]3C[C@H]12. The van der Waals surface area contributed by atoms with E-state index >= 15 is 0 Å². The van der Waals surface area contributed by atoms with Gasteiger partial charge in [0.05, 0.1) is 23.1 Å². The molecule has 4 N–H and O–H groups in total. The average Bonchev–Trinajstić information content (AvgIpc) is 2.69. The van der Waals surface area contributed by atoms with Crippen LogP contribution in [0.1, 0.15) is 29.3 Å². The molecule has 33 heavy (non-hydrogen) atoms. The fourth-order valence-electron chi connectivity index (χ4n) is 5.93. The number of likely N-dealkylation sites (N-methyl/N-ethyl adjacent to an activating group) is 1. The summed E-state index contributed by atoms with van der Waals surface area (Å²) < 4.78 is 29.2. The van der Waals surface area contributed by atoms with Gasteiger partial charge in [0.25, 0.3) is 0 Å². The summed E-state index contributed by atoms with van der Waals surface area (Å²) >= 11 is 0. The molecule has 3 aliphatic rings. The van der Waals surface area contributed by atoms with Gasteiger partial charge in [-0.05, 0) is 39.6 Å². The Bertz CT molecular complexity index is 1150. The highest BCUT2D eigenvalue weighted by atomic mass is 19.1. The number of aliphatic hydroxyl groups is 2. The minimum Gasteiger partial charge on any atom is -0.385 e. The molecular formula is C22H22F2N2O7. The Hall–Kier alpha value is -2.89. The Balaban J connectivity index is 1.97. The van der Waals surface area contributed by atoms with Crippen molar-refractivity contribution in [1.82, 2.24) is 4.90 Å². The summed E-state index contributed by atoms with van der Waals surface area (Å²) in [7, 11) is 2.84. The van der Waals surface area contributed by atoms with Crippen LogP contribution in [0.5, 0.6) is 0 Å². The van der Waals surface area contributed by atoms with E-state index in [1.165, 1.54) is 19.0 Å². The molecule has 0 saturated heterocycles. The van der Waals surface area contributed by atoms with Gasteiger partial charge in [-0.25, -0.2) is 8.78 Å². The van der Waals surface area contributed by atoms with Crippen molar-refractivity contribution in [2.75, 3.05) is 14.1 Å². The van der Waals surface area contributed by atoms with Gasteiger partial charge < -0.3 is 15.9 Å². The lowest BCUT2D eigenvalue weighted by atomic mass is 9.49. The predicted octanol–water partition coefficient (Wildman–Crippen LogP) is -0.895. The number of amides is 1. The molecule has 11 heteroatoms. The lowest BCUT2D eigenvalue weighted by molar-refractivity contribution is -0.188. The van der Waals surface area contributed by atoms with E-state index in [2.05, 4.69) is 0 Å². The number of hydrogen-bond acceptors (Lipinski definition) is 8. The second-order valence-electron chi connectivity index (χ2n) is 9.36. The molecule has 0 radical (unpaired) electrons. The second-order valence-corrected chi connectivity index (χ2v) is 9.36. The van der Waals surface area contributed by atoms with Crippen LogP contribution in [-0.2, 0) is 24.8 Å². The molecule has 2 saturated carbocycles. The van der Waals surface area contributed by atoms with Crippen LogP contribution in [0.15, 0.2) is 12.1 Å². The van der Waals surface area contributed by atoms with Gasteiger partial charge in [-0.1, -0.05) is 0 Å². The number of rotatable bonds is 2. The molecule has 1 aromatic carbocycles. The zero-order chi connectivity index (χ0) is 24.8. The van der Waals surface area contributed by atoms with E-state index in [4.69, 9.17) is 5.73 Å². The van der Waals surface area contributed by atoms with Gasteiger partial charge >= 0.3 is 0 Å². The van der Waals surface area contributed by atoms with Crippen molar-refractivity contribution in [2.24, 2.45) is 29.4 Å². The van der Waals surface area contributed by atoms with Gasteiger partial charge in [-0.3, -0.25) is 28.9 Å². The maximum atomic E-state index is 14.7. The van der Waals surface area contributed by atoms with Crippen LogP contribution in [0, 0.1) is 35.3 Å². The molecule has 176 valence electrons. The van der Waals surface area contributed by atoms with Gasteiger partial charge in [-0.15, -0.1) is 0 Å². The number of ketones is 4. The molecule has 1 aromatic rings. The number of primary amides is 1. The third kappa shape index (κ3) is 2.76. The summed E-state index contributed by atoms with van der Waals surface area (Å²) in [6, 6.07) is 0.0632. The van der Waals surface area contributed by atoms with Gasteiger partial charge in [0.1, 0.15) is 11.6 Å². The topological polar surface area (TPSA) is 155 Å². The Kier molecular flexibility index (Phi) is 4.97. The van der Waals surface area contributed by atoms with Crippen LogP contribution in [0.2, 0.25) is 0 Å². The summed E-state index contributed by atoms with van der Waals surface area (Å²) in [5.74, 6) is -15.4. The summed E-state index contributed by atoms with van der Waals surface area (Å²) in [6.07, 6.45) is -0.438. The maximum absolute atomic E-state index is 14.7. The number of hydrogen-bond donors (Lipinski definition) is 3. The van der Waals surface area contributed by atoms with E-state index in [-0.39, 0.29) is 0 Å². The fourth-order valence-corrected chi connectivity index (χ4v) is 5.93. The van der Waals surface area contributed by atoms with E-state index in [1.807, 2.05) is 0 Å². The molecule has 0 aliphatic heterocycles. The fraction of sp³-hybridized carbons (Fsp3) is 0.500. The van der Waals surface area contributed by atoms with Crippen molar-refractivity contribution in [3.8, 4) is 0 Å². The van der Waals surface area contributed by atoms with Crippen molar-refractivity contribution >= 4 is 29.0 Å². The van der Waals surface area contributed by atoms with Gasteiger partial charge in [0, 0.05) is 17.4 Å². The summed E-state index contributed by atoms with van der Waals surface area (Å²) in [6.45, 7) is 1.11. The van der Waals surface area contributed by atoms with Crippen LogP contribution in [-0.4, -0.2) is 69.9 Å². The normalized spacial score (nSPS) is 38.1. The summed E-state index contributed by atoms with van der Waals surface area (Å²) in [5.41, 5.74) is -1.46. The quantitative estimate of drug-likeness (QED) is 0.476. The molecule has 2 fully saturated rings. The standard InChI is InChI=1S/C22H22F2N2O7/c1-21(32)7-6-8-15(26(2)3)17(28)13(20(25)31)19(30)22(8,33)18(29)11(7)16(27)12-9(23)4-5-10(24)14(12)21/h4-5,7-8,11,13,15,32-33H,6H2,1-3H3,(H2,25,31)/t7-,8+,11?,13?,15-,21?,22+/m0/s1. The predicted molar refractivity (Wildman–Crippen MR) is 105 cm³/mol. The minimum atomic E-state index is -2.96. The second kappa shape index (κ2) is 7.05. The maximum Gasteiger partial charge on any atom is 0.235 e. The Labute approximate surface area is 186 Å². The number of nitrogens with two attached hydrogens (primary N) is 1. The number of halogens is 2. The van der Waals surface area contributed by atoms with Gasteiger partial charge in [0.2, 0.25) is 5.91 Å². The number of carbonyl (C=O) groups excluding carboxylic acids is 5. The third-order valence-electron chi connectivity index (χ3n) is 7.40. The number of nitrogens with zero attached hydrogens (tertiary/aromatic N) is 1. The molecular weight excluding hydrogens is 442 g/mol. The lowest BCUT2D eigenvalue weighted by Gasteiger charge is -2.55. The van der Waals surface area contributed by atoms with Crippen LogP contribution in [0.3, 0.4) is 0 Å². The first-order valence-corrected chi connectivity index (χ1v) is 10.2. The van der Waals surface area contributed by atoms with Crippen LogP contribution in [0.4, 0.5) is 8.78 Å². The first-order chi connectivity index (χ1) is 15.2. The molecule has 7 atom stereocenters. The van der Waals surface area contributed by atoms with Crippen LogP contribution in [0.25, 0.3) is 0 Å². The van der Waals surface area contributed by atoms with E-state index in [0.29, 0.717) is 6.07 Å². The van der Waals surface area contributed by atoms with E-state index < -0.39 is 99.1 Å². The molecule has 0 spiro atoms. The highest BCUT2D eigenvalue weighted by Crippen LogP contribution is 2.55. The average molecular weight is 464 g/mol. The molecule has 0 aromatic heterocycles. The minimum absolute atomic E-state index is 0.438. The summed E-state index contributed by atoms with van der Waals surface area (Å²) in [4.78, 5) is 66.1. The molecule has 9 nitrogen and oxygen atoms in total. The molecule has 0 heterocycles. The zero-order valence-electron chi connectivity index (χ0n) is 18.0. The monoisotopic (exact) mass is 464 g/mol. The zero-order valence-corrected chi connectivity index (χ0v) is 18.0. The third-order valence-corrected chi connectivity index (χ3v) is 7.40. The molecule has 3 aliphatic carbocycles. The van der Waals surface area contributed by atoms with Crippen molar-refractivity contribution in [3.05, 3.63) is 34.9 Å². The highest BCUT2D eigenvalue weighted by molar-refractivity contribution is 6.32. The van der Waals surface area contributed by atoms with Crippen LogP contribution >= 0.6 is 0 Å². The van der Waals surface area contributed by atoms with Crippen molar-refractivity contribution in [3.63, 3.8) is 0 Å². The highest BCUT2D eigenvalue weighted by Gasteiger charge is 2.71. The van der Waals surface area contributed by atoms with Gasteiger partial charge in [-0.2, -0.15) is 0 Å². The van der Waals surface area contributed by atoms with Crippen molar-refractivity contribution in [2.45, 2.75) is 30.6 Å². The van der Waals surface area contributed by atoms with Gasteiger partial charge in [0.15, 0.2) is 34.7 Å². The van der Waals surface area contributed by atoms with Crippen molar-refractivity contribution < 1.29 is 43.0 Å². The smallest absolute Gasteiger partial charge is 0.235 e. The Morgan fingerprint density at radius 3 is 2.18 bits per heavy atom. The Morgan fingerprint density at radius 2 is 1.64 bits per heavy atom. The number of carbonyl (C=O) groups is 5. The largest absolute Gasteiger partial charge is 0.385 e. The number of benzene rings is 1. The van der Waals surface area contributed by atoms with E-state index in [9.17, 15) is 43.0 Å². The van der Waals surface area contributed by atoms with Crippen LogP contribution < -0.4 is 5.73 Å². The number of Topliss-reactive ketones (excluding diaryl/α,β-unsaturated/α-hetero) is 4. The van der Waals surface area contributed by atoms with Crippen molar-refractivity contribution in [1.29, 1.82) is 0 Å². The first-order valence-electron chi connectivity index (χ1n) is 10.2. The van der Waals surface area contributed by atoms with E-state index in [0.717, 1.165) is 13.0 Å². The molecule has 4 rings (SSSR count). The van der Waals surface area contributed by atoms with E-state index in [1.54, 1.807) is 0 Å². The lowest BCUT2D eigenvalue weighted by Crippen LogP contribution is -2.75. The molecule has 1 amide bonds. The first kappa shape index (κ1) is 23.3. The number of fused-ring (bicyclic) bond motifs is 3.